The van der Waals surface area contributed by atoms with Crippen LogP contribution in [0.25, 0.3) is 0 Å². The van der Waals surface area contributed by atoms with Crippen molar-refractivity contribution in [1.29, 1.82) is 0 Å². The summed E-state index contributed by atoms with van der Waals surface area (Å²) in [6, 6.07) is 10.9. The highest BCUT2D eigenvalue weighted by Crippen LogP contribution is 2.34. The van der Waals surface area contributed by atoms with Gasteiger partial charge in [0.05, 0.1) is 12.2 Å². The van der Waals surface area contributed by atoms with Gasteiger partial charge in [0, 0.05) is 0 Å². The maximum absolute atomic E-state index is 6.10. The van der Waals surface area contributed by atoms with Gasteiger partial charge >= 0.3 is 0 Å². The van der Waals surface area contributed by atoms with Gasteiger partial charge in [-0.15, -0.1) is 0 Å². The minimum atomic E-state index is 0.0390. The molecule has 1 saturated carbocycles. The molecule has 2 nitrogen and oxygen atoms in total. The first-order valence-electron chi connectivity index (χ1n) is 8.71. The molecule has 0 aromatic heterocycles. The molecule has 0 spiro atoms. The molecule has 1 aromatic carbocycles. The van der Waals surface area contributed by atoms with E-state index in [0.717, 1.165) is 12.8 Å². The van der Waals surface area contributed by atoms with E-state index in [2.05, 4.69) is 37.3 Å². The molecule has 2 heteroatoms. The smallest absolute Gasteiger partial charge is 0.158 e. The summed E-state index contributed by atoms with van der Waals surface area (Å²) in [6.45, 7) is 2.27. The van der Waals surface area contributed by atoms with Gasteiger partial charge in [0.1, 0.15) is 0 Å². The SMILES string of the molecule is CCCC(CCC1OC2CCCC(C2)O1)c1ccccc1. The van der Waals surface area contributed by atoms with Crippen molar-refractivity contribution in [2.45, 2.75) is 82.7 Å². The van der Waals surface area contributed by atoms with Crippen LogP contribution in [0.2, 0.25) is 0 Å². The van der Waals surface area contributed by atoms with Gasteiger partial charge in [-0.1, -0.05) is 43.7 Å². The molecule has 1 aromatic rings. The first kappa shape index (κ1) is 15.1. The van der Waals surface area contributed by atoms with Crippen LogP contribution < -0.4 is 0 Å². The van der Waals surface area contributed by atoms with Crippen LogP contribution >= 0.6 is 0 Å². The molecule has 3 unspecified atom stereocenters. The van der Waals surface area contributed by atoms with Crippen molar-refractivity contribution < 1.29 is 9.47 Å². The highest BCUT2D eigenvalue weighted by molar-refractivity contribution is 5.19. The fourth-order valence-corrected chi connectivity index (χ4v) is 3.84. The van der Waals surface area contributed by atoms with Gasteiger partial charge in [-0.2, -0.15) is 0 Å². The molecule has 0 amide bonds. The van der Waals surface area contributed by atoms with Crippen LogP contribution in [-0.2, 0) is 9.47 Å². The van der Waals surface area contributed by atoms with Crippen LogP contribution in [0.15, 0.2) is 30.3 Å². The molecule has 3 atom stereocenters. The Kier molecular flexibility index (Phi) is 5.32. The summed E-state index contributed by atoms with van der Waals surface area (Å²) in [7, 11) is 0. The lowest BCUT2D eigenvalue weighted by Gasteiger charge is -2.39. The van der Waals surface area contributed by atoms with Crippen LogP contribution in [-0.4, -0.2) is 18.5 Å². The fourth-order valence-electron chi connectivity index (χ4n) is 3.84. The quantitative estimate of drug-likeness (QED) is 0.730. The summed E-state index contributed by atoms with van der Waals surface area (Å²) in [5, 5.41) is 0. The average molecular weight is 288 g/mol. The zero-order valence-corrected chi connectivity index (χ0v) is 13.2. The molecule has 3 rings (SSSR count). The van der Waals surface area contributed by atoms with E-state index in [1.807, 2.05) is 0 Å². The Hall–Kier alpha value is -0.860. The lowest BCUT2D eigenvalue weighted by Crippen LogP contribution is -2.41. The summed E-state index contributed by atoms with van der Waals surface area (Å²) in [6.07, 6.45) is 10.5. The highest BCUT2D eigenvalue weighted by Gasteiger charge is 2.33. The van der Waals surface area contributed by atoms with E-state index in [4.69, 9.17) is 9.47 Å². The Morgan fingerprint density at radius 3 is 2.43 bits per heavy atom. The van der Waals surface area contributed by atoms with Gasteiger partial charge in [-0.3, -0.25) is 0 Å². The van der Waals surface area contributed by atoms with Crippen molar-refractivity contribution in [2.75, 3.05) is 0 Å². The number of fused-ring (bicyclic) bond motifs is 2. The van der Waals surface area contributed by atoms with Gasteiger partial charge in [-0.05, 0) is 56.4 Å². The average Bonchev–Trinajstić information content (AvgIpc) is 2.52. The molecule has 0 N–H and O–H groups in total. The third-order valence-corrected chi connectivity index (χ3v) is 4.93. The van der Waals surface area contributed by atoms with Gasteiger partial charge in [0.25, 0.3) is 0 Å². The summed E-state index contributed by atoms with van der Waals surface area (Å²) in [5.74, 6) is 0.644. The van der Waals surface area contributed by atoms with Crippen LogP contribution in [0, 0.1) is 0 Å². The largest absolute Gasteiger partial charge is 0.349 e. The van der Waals surface area contributed by atoms with Crippen LogP contribution in [0.3, 0.4) is 0 Å². The number of ether oxygens (including phenoxy) is 2. The predicted octanol–water partition coefficient (Wildman–Crippen LogP) is 5.03. The number of rotatable bonds is 6. The molecule has 0 radical (unpaired) electrons. The minimum Gasteiger partial charge on any atom is -0.349 e. The summed E-state index contributed by atoms with van der Waals surface area (Å²) in [4.78, 5) is 0. The van der Waals surface area contributed by atoms with Gasteiger partial charge in [0.15, 0.2) is 6.29 Å². The first-order chi connectivity index (χ1) is 10.3. The van der Waals surface area contributed by atoms with Crippen molar-refractivity contribution in [2.24, 2.45) is 0 Å². The molecule has 2 bridgehead atoms. The number of benzene rings is 1. The first-order valence-corrected chi connectivity index (χ1v) is 8.71. The summed E-state index contributed by atoms with van der Waals surface area (Å²) < 4.78 is 12.2. The Morgan fingerprint density at radius 1 is 1.05 bits per heavy atom. The summed E-state index contributed by atoms with van der Waals surface area (Å²) >= 11 is 0. The molecule has 2 fully saturated rings. The highest BCUT2D eigenvalue weighted by atomic mass is 16.7. The molecular formula is C19H28O2. The minimum absolute atomic E-state index is 0.0390. The van der Waals surface area contributed by atoms with Gasteiger partial charge in [0.2, 0.25) is 0 Å². The Morgan fingerprint density at radius 2 is 1.76 bits per heavy atom. The standard InChI is InChI=1S/C19H28O2/c1-2-7-15(16-8-4-3-5-9-16)12-13-19-20-17-10-6-11-18(14-17)21-19/h3-5,8-9,15,17-19H,2,6-7,10-14H2,1H3. The van der Waals surface area contributed by atoms with E-state index >= 15 is 0 Å². The van der Waals surface area contributed by atoms with Crippen molar-refractivity contribution in [1.82, 2.24) is 0 Å². The topological polar surface area (TPSA) is 18.5 Å². The summed E-state index contributed by atoms with van der Waals surface area (Å²) in [5.41, 5.74) is 1.47. The van der Waals surface area contributed by atoms with Gasteiger partial charge < -0.3 is 9.47 Å². The van der Waals surface area contributed by atoms with E-state index in [0.29, 0.717) is 18.1 Å². The molecule has 1 aliphatic carbocycles. The zero-order valence-electron chi connectivity index (χ0n) is 13.2. The van der Waals surface area contributed by atoms with Crippen molar-refractivity contribution >= 4 is 0 Å². The zero-order chi connectivity index (χ0) is 14.5. The van der Waals surface area contributed by atoms with Crippen LogP contribution in [0.1, 0.15) is 69.8 Å². The van der Waals surface area contributed by atoms with Crippen molar-refractivity contribution in [3.05, 3.63) is 35.9 Å². The predicted molar refractivity (Wildman–Crippen MR) is 85.3 cm³/mol. The van der Waals surface area contributed by atoms with Crippen molar-refractivity contribution in [3.63, 3.8) is 0 Å². The second kappa shape index (κ2) is 7.42. The third-order valence-electron chi connectivity index (χ3n) is 4.93. The molecular weight excluding hydrogens is 260 g/mol. The Labute approximate surface area is 128 Å². The monoisotopic (exact) mass is 288 g/mol. The third kappa shape index (κ3) is 4.08. The number of hydrogen-bond acceptors (Lipinski definition) is 2. The maximum atomic E-state index is 6.10. The van der Waals surface area contributed by atoms with E-state index in [1.165, 1.54) is 44.1 Å². The lowest BCUT2D eigenvalue weighted by molar-refractivity contribution is -0.258. The molecule has 21 heavy (non-hydrogen) atoms. The fraction of sp³-hybridized carbons (Fsp3) is 0.684. The molecule has 1 saturated heterocycles. The van der Waals surface area contributed by atoms with Gasteiger partial charge in [-0.25, -0.2) is 0 Å². The molecule has 116 valence electrons. The molecule has 2 aliphatic rings. The van der Waals surface area contributed by atoms with E-state index in [9.17, 15) is 0 Å². The van der Waals surface area contributed by atoms with Crippen molar-refractivity contribution in [3.8, 4) is 0 Å². The number of hydrogen-bond donors (Lipinski definition) is 0. The molecule has 1 heterocycles. The normalized spacial score (nSPS) is 30.0. The van der Waals surface area contributed by atoms with Crippen LogP contribution in [0.5, 0.6) is 0 Å². The van der Waals surface area contributed by atoms with E-state index < -0.39 is 0 Å². The van der Waals surface area contributed by atoms with Crippen LogP contribution in [0.4, 0.5) is 0 Å². The molecule has 1 aliphatic heterocycles. The Bertz CT molecular complexity index is 405. The van der Waals surface area contributed by atoms with E-state index in [-0.39, 0.29) is 6.29 Å². The second-order valence-electron chi connectivity index (χ2n) is 6.59. The second-order valence-corrected chi connectivity index (χ2v) is 6.59. The van der Waals surface area contributed by atoms with E-state index in [1.54, 1.807) is 0 Å². The maximum Gasteiger partial charge on any atom is 0.158 e. The Balaban J connectivity index is 1.54. The lowest BCUT2D eigenvalue weighted by atomic mass is 9.89.